The number of carboxylic acid groups (broad SMARTS) is 1. The lowest BCUT2D eigenvalue weighted by Crippen LogP contribution is -2.19. The Balaban J connectivity index is 3.36. The first kappa shape index (κ1) is 34.4. The molecule has 1 N–H and O–H groups in total. The van der Waals surface area contributed by atoms with E-state index < -0.39 is 17.9 Å². The lowest BCUT2D eigenvalue weighted by molar-refractivity contribution is -0.151. The fourth-order valence-corrected chi connectivity index (χ4v) is 4.60. The molecule has 0 saturated carbocycles. The molecule has 0 saturated heterocycles. The van der Waals surface area contributed by atoms with Crippen LogP contribution in [-0.2, 0) is 14.3 Å². The molecule has 0 amide bonds. The van der Waals surface area contributed by atoms with Crippen LogP contribution >= 0.6 is 0 Å². The van der Waals surface area contributed by atoms with Gasteiger partial charge in [-0.2, -0.15) is 0 Å². The maximum absolute atomic E-state index is 11.6. The third-order valence-electron chi connectivity index (χ3n) is 6.94. The van der Waals surface area contributed by atoms with Gasteiger partial charge in [-0.1, -0.05) is 141 Å². The Labute approximate surface area is 223 Å². The summed E-state index contributed by atoms with van der Waals surface area (Å²) >= 11 is 0. The second kappa shape index (κ2) is 28.0. The van der Waals surface area contributed by atoms with Crippen molar-refractivity contribution in [3.63, 3.8) is 0 Å². The van der Waals surface area contributed by atoms with E-state index >= 15 is 0 Å². The van der Waals surface area contributed by atoms with Crippen molar-refractivity contribution in [3.8, 4) is 0 Å². The largest absolute Gasteiger partial charge is 0.481 e. The predicted octanol–water partition coefficient (Wildman–Crippen LogP) is 9.96. The zero-order chi connectivity index (χ0) is 26.5. The molecule has 0 aliphatic rings. The van der Waals surface area contributed by atoms with Crippen LogP contribution in [0.1, 0.15) is 155 Å². The van der Waals surface area contributed by atoms with Gasteiger partial charge in [0.25, 0.3) is 0 Å². The molecule has 0 rings (SSSR count). The Kier molecular flexibility index (Phi) is 26.8. The number of allylic oxidation sites excluding steroid dienone is 2. The summed E-state index contributed by atoms with van der Waals surface area (Å²) in [7, 11) is 0. The second-order valence-electron chi connectivity index (χ2n) is 10.4. The standard InChI is InChI=1S/C32H58O4/c1-3-5-6-7-8-9-10-11-12-13-14-15-16-17-18-19-20-21-22-23-24-25-26-27-30(32(34)35)29-31(33)36-28-4-2/h4,11-12,30H,2-3,5-10,13-29H2,1H3,(H,34,35)/b12-11+. The van der Waals surface area contributed by atoms with E-state index in [9.17, 15) is 14.7 Å². The summed E-state index contributed by atoms with van der Waals surface area (Å²) in [5.74, 6) is -1.98. The van der Waals surface area contributed by atoms with Gasteiger partial charge < -0.3 is 9.84 Å². The van der Waals surface area contributed by atoms with Crippen LogP contribution in [0.2, 0.25) is 0 Å². The maximum Gasteiger partial charge on any atom is 0.307 e. The number of esters is 1. The topological polar surface area (TPSA) is 63.6 Å². The van der Waals surface area contributed by atoms with Crippen molar-refractivity contribution in [1.82, 2.24) is 0 Å². The van der Waals surface area contributed by atoms with E-state index in [4.69, 9.17) is 4.74 Å². The van der Waals surface area contributed by atoms with Crippen LogP contribution in [0.15, 0.2) is 24.8 Å². The first-order valence-corrected chi connectivity index (χ1v) is 15.3. The van der Waals surface area contributed by atoms with E-state index in [-0.39, 0.29) is 13.0 Å². The Morgan fingerprint density at radius 2 is 1.11 bits per heavy atom. The summed E-state index contributed by atoms with van der Waals surface area (Å²) in [4.78, 5) is 22.9. The SMILES string of the molecule is C=CCOC(=O)CC(CCCCCCCCCCCCCCC/C=C/CCCCCCCC)C(=O)O. The Morgan fingerprint density at radius 3 is 1.53 bits per heavy atom. The van der Waals surface area contributed by atoms with Crippen LogP contribution in [0.25, 0.3) is 0 Å². The number of carbonyl (C=O) groups is 2. The maximum atomic E-state index is 11.6. The highest BCUT2D eigenvalue weighted by Gasteiger charge is 2.21. The average molecular weight is 507 g/mol. The summed E-state index contributed by atoms with van der Waals surface area (Å²) in [5.41, 5.74) is 0. The van der Waals surface area contributed by atoms with Gasteiger partial charge in [0.1, 0.15) is 6.61 Å². The van der Waals surface area contributed by atoms with E-state index in [0.717, 1.165) is 19.3 Å². The molecule has 0 aliphatic carbocycles. The Bertz CT molecular complexity index is 540. The van der Waals surface area contributed by atoms with Crippen molar-refractivity contribution in [1.29, 1.82) is 0 Å². The molecule has 1 atom stereocenters. The van der Waals surface area contributed by atoms with Crippen LogP contribution in [0.5, 0.6) is 0 Å². The molecule has 0 radical (unpaired) electrons. The van der Waals surface area contributed by atoms with E-state index in [1.54, 1.807) is 0 Å². The minimum atomic E-state index is -0.902. The predicted molar refractivity (Wildman–Crippen MR) is 153 cm³/mol. The van der Waals surface area contributed by atoms with Crippen molar-refractivity contribution in [2.75, 3.05) is 6.61 Å². The molecule has 0 spiro atoms. The van der Waals surface area contributed by atoms with Crippen LogP contribution in [-0.4, -0.2) is 23.7 Å². The number of aliphatic carboxylic acids is 1. The molecule has 4 nitrogen and oxygen atoms in total. The molecule has 0 aliphatic heterocycles. The number of hydrogen-bond donors (Lipinski definition) is 1. The average Bonchev–Trinajstić information content (AvgIpc) is 2.87. The molecule has 210 valence electrons. The molecule has 0 fully saturated rings. The lowest BCUT2D eigenvalue weighted by atomic mass is 9.97. The van der Waals surface area contributed by atoms with Crippen molar-refractivity contribution in [2.45, 2.75) is 155 Å². The van der Waals surface area contributed by atoms with Crippen molar-refractivity contribution in [2.24, 2.45) is 5.92 Å². The summed E-state index contributed by atoms with van der Waals surface area (Å²) < 4.78 is 4.90. The molecule has 0 bridgehead atoms. The number of carbonyl (C=O) groups excluding carboxylic acids is 1. The summed E-state index contributed by atoms with van der Waals surface area (Å²) in [6, 6.07) is 0. The molecule has 0 aromatic heterocycles. The zero-order valence-electron chi connectivity index (χ0n) is 23.7. The number of carboxylic acids is 1. The molecular weight excluding hydrogens is 448 g/mol. The smallest absolute Gasteiger partial charge is 0.307 e. The normalized spacial score (nSPS) is 12.1. The third kappa shape index (κ3) is 25.5. The number of hydrogen-bond acceptors (Lipinski definition) is 3. The molecule has 4 heteroatoms. The van der Waals surface area contributed by atoms with Crippen LogP contribution in [0.4, 0.5) is 0 Å². The van der Waals surface area contributed by atoms with Crippen LogP contribution < -0.4 is 0 Å². The van der Waals surface area contributed by atoms with Gasteiger partial charge in [0, 0.05) is 0 Å². The molecule has 36 heavy (non-hydrogen) atoms. The van der Waals surface area contributed by atoms with Gasteiger partial charge in [-0.05, 0) is 32.1 Å². The van der Waals surface area contributed by atoms with Gasteiger partial charge in [0.05, 0.1) is 12.3 Å². The highest BCUT2D eigenvalue weighted by Crippen LogP contribution is 2.18. The minimum absolute atomic E-state index is 0.0421. The molecule has 0 heterocycles. The fraction of sp³-hybridized carbons (Fsp3) is 0.812. The number of ether oxygens (including phenoxy) is 1. The van der Waals surface area contributed by atoms with Crippen LogP contribution in [0, 0.1) is 5.92 Å². The highest BCUT2D eigenvalue weighted by atomic mass is 16.5. The van der Waals surface area contributed by atoms with Gasteiger partial charge >= 0.3 is 11.9 Å². The van der Waals surface area contributed by atoms with E-state index in [1.807, 2.05) is 0 Å². The summed E-state index contributed by atoms with van der Waals surface area (Å²) in [5, 5.41) is 9.29. The highest BCUT2D eigenvalue weighted by molar-refractivity contribution is 5.78. The molecule has 0 aromatic rings. The van der Waals surface area contributed by atoms with Gasteiger partial charge in [-0.25, -0.2) is 0 Å². The molecule has 1 unspecified atom stereocenters. The number of rotatable bonds is 28. The van der Waals surface area contributed by atoms with E-state index in [1.165, 1.54) is 122 Å². The number of unbranched alkanes of at least 4 members (excludes halogenated alkanes) is 19. The Morgan fingerprint density at radius 1 is 0.694 bits per heavy atom. The van der Waals surface area contributed by atoms with Crippen molar-refractivity contribution in [3.05, 3.63) is 24.8 Å². The summed E-state index contributed by atoms with van der Waals surface area (Å²) in [6.45, 7) is 5.90. The lowest BCUT2D eigenvalue weighted by Gasteiger charge is -2.11. The third-order valence-corrected chi connectivity index (χ3v) is 6.94. The van der Waals surface area contributed by atoms with Crippen molar-refractivity contribution >= 4 is 11.9 Å². The van der Waals surface area contributed by atoms with Gasteiger partial charge in [-0.15, -0.1) is 0 Å². The van der Waals surface area contributed by atoms with Gasteiger partial charge in [0.15, 0.2) is 0 Å². The fourth-order valence-electron chi connectivity index (χ4n) is 4.60. The monoisotopic (exact) mass is 506 g/mol. The van der Waals surface area contributed by atoms with Crippen LogP contribution in [0.3, 0.4) is 0 Å². The molecular formula is C32H58O4. The first-order chi connectivity index (χ1) is 17.6. The quantitative estimate of drug-likeness (QED) is 0.0651. The van der Waals surface area contributed by atoms with E-state index in [2.05, 4.69) is 25.7 Å². The van der Waals surface area contributed by atoms with Gasteiger partial charge in [-0.3, -0.25) is 9.59 Å². The van der Waals surface area contributed by atoms with Crippen molar-refractivity contribution < 1.29 is 19.4 Å². The second-order valence-corrected chi connectivity index (χ2v) is 10.4. The first-order valence-electron chi connectivity index (χ1n) is 15.3. The zero-order valence-corrected chi connectivity index (χ0v) is 23.7. The summed E-state index contributed by atoms with van der Waals surface area (Å²) in [6.07, 6.45) is 34.1. The van der Waals surface area contributed by atoms with Gasteiger partial charge in [0.2, 0.25) is 0 Å². The molecule has 0 aromatic carbocycles. The Hall–Kier alpha value is -1.58. The minimum Gasteiger partial charge on any atom is -0.481 e. The van der Waals surface area contributed by atoms with E-state index in [0.29, 0.717) is 6.42 Å².